The lowest BCUT2D eigenvalue weighted by Crippen LogP contribution is -2.41. The minimum atomic E-state index is 0.845. The Kier molecular flexibility index (Phi) is 3.72. The van der Waals surface area contributed by atoms with Gasteiger partial charge in [0, 0.05) is 25.7 Å². The summed E-state index contributed by atoms with van der Waals surface area (Å²) in [7, 11) is 0. The number of fused-ring (bicyclic) bond motifs is 2. The molecule has 3 aliphatic carbocycles. The standard InChI is InChI=1S/C15H28N2/c16-7-8-17(15-3-1-2-4-15)11-14-10-12-5-6-13(14)9-12/h12-15H,1-11,16H2. The van der Waals surface area contributed by atoms with Gasteiger partial charge in [-0.25, -0.2) is 0 Å². The van der Waals surface area contributed by atoms with Crippen LogP contribution in [0.4, 0.5) is 0 Å². The van der Waals surface area contributed by atoms with Crippen LogP contribution in [0.25, 0.3) is 0 Å². The first-order chi connectivity index (χ1) is 8.36. The van der Waals surface area contributed by atoms with E-state index in [1.807, 2.05) is 0 Å². The van der Waals surface area contributed by atoms with Crippen LogP contribution in [0.3, 0.4) is 0 Å². The summed E-state index contributed by atoms with van der Waals surface area (Å²) in [5, 5.41) is 0. The monoisotopic (exact) mass is 236 g/mol. The van der Waals surface area contributed by atoms with Crippen LogP contribution in [0.5, 0.6) is 0 Å². The van der Waals surface area contributed by atoms with Crippen LogP contribution in [0.2, 0.25) is 0 Å². The molecule has 2 nitrogen and oxygen atoms in total. The third-order valence-corrected chi connectivity index (χ3v) is 5.61. The van der Waals surface area contributed by atoms with Crippen LogP contribution < -0.4 is 5.73 Å². The predicted octanol–water partition coefficient (Wildman–Crippen LogP) is 2.63. The van der Waals surface area contributed by atoms with Gasteiger partial charge in [-0.2, -0.15) is 0 Å². The number of hydrogen-bond donors (Lipinski definition) is 1. The van der Waals surface area contributed by atoms with Crippen molar-refractivity contribution in [3.8, 4) is 0 Å². The SMILES string of the molecule is NCCN(CC1CC2CCC1C2)C1CCCC1. The molecule has 2 N–H and O–H groups in total. The maximum Gasteiger partial charge on any atom is 0.0108 e. The quantitative estimate of drug-likeness (QED) is 0.795. The van der Waals surface area contributed by atoms with E-state index in [4.69, 9.17) is 5.73 Å². The Bertz CT molecular complexity index is 247. The Morgan fingerprint density at radius 2 is 1.82 bits per heavy atom. The first kappa shape index (κ1) is 12.0. The van der Waals surface area contributed by atoms with E-state index in [1.165, 1.54) is 51.5 Å². The summed E-state index contributed by atoms with van der Waals surface area (Å²) in [6, 6.07) is 0.873. The fraction of sp³-hybridized carbons (Fsp3) is 1.00. The normalized spacial score (nSPS) is 37.4. The summed E-state index contributed by atoms with van der Waals surface area (Å²) in [6.45, 7) is 3.35. The van der Waals surface area contributed by atoms with Gasteiger partial charge < -0.3 is 5.73 Å². The molecule has 3 saturated carbocycles. The highest BCUT2D eigenvalue weighted by Crippen LogP contribution is 2.48. The van der Waals surface area contributed by atoms with Crippen molar-refractivity contribution in [1.82, 2.24) is 4.90 Å². The summed E-state index contributed by atoms with van der Waals surface area (Å²) in [5.41, 5.74) is 5.81. The zero-order chi connectivity index (χ0) is 11.7. The van der Waals surface area contributed by atoms with Crippen molar-refractivity contribution in [2.45, 2.75) is 57.4 Å². The van der Waals surface area contributed by atoms with Gasteiger partial charge in [0.25, 0.3) is 0 Å². The van der Waals surface area contributed by atoms with Crippen LogP contribution >= 0.6 is 0 Å². The summed E-state index contributed by atoms with van der Waals surface area (Å²) >= 11 is 0. The van der Waals surface area contributed by atoms with E-state index >= 15 is 0 Å². The largest absolute Gasteiger partial charge is 0.329 e. The van der Waals surface area contributed by atoms with Gasteiger partial charge in [-0.3, -0.25) is 4.90 Å². The van der Waals surface area contributed by atoms with Crippen molar-refractivity contribution in [1.29, 1.82) is 0 Å². The minimum absolute atomic E-state index is 0.845. The molecule has 0 aromatic rings. The average Bonchev–Trinajstić information content (AvgIpc) is 3.06. The molecule has 0 aliphatic heterocycles. The third kappa shape index (κ3) is 2.53. The smallest absolute Gasteiger partial charge is 0.0108 e. The molecule has 17 heavy (non-hydrogen) atoms. The van der Waals surface area contributed by atoms with E-state index in [1.54, 1.807) is 6.42 Å². The number of nitrogens with zero attached hydrogens (tertiary/aromatic N) is 1. The molecule has 3 aliphatic rings. The maximum atomic E-state index is 5.81. The molecular weight excluding hydrogens is 208 g/mol. The highest BCUT2D eigenvalue weighted by molar-refractivity contribution is 4.92. The Balaban J connectivity index is 1.56. The van der Waals surface area contributed by atoms with E-state index in [0.717, 1.165) is 36.9 Å². The number of hydrogen-bond acceptors (Lipinski definition) is 2. The molecule has 3 rings (SSSR count). The molecule has 3 unspecified atom stereocenters. The Hall–Kier alpha value is -0.0800. The summed E-state index contributed by atoms with van der Waals surface area (Å²) in [4.78, 5) is 2.75. The fourth-order valence-electron chi connectivity index (χ4n) is 4.76. The third-order valence-electron chi connectivity index (χ3n) is 5.61. The molecule has 2 bridgehead atoms. The average molecular weight is 236 g/mol. The minimum Gasteiger partial charge on any atom is -0.329 e. The van der Waals surface area contributed by atoms with Crippen molar-refractivity contribution >= 4 is 0 Å². The zero-order valence-electron chi connectivity index (χ0n) is 11.1. The molecule has 0 spiro atoms. The van der Waals surface area contributed by atoms with Gasteiger partial charge in [-0.15, -0.1) is 0 Å². The van der Waals surface area contributed by atoms with Gasteiger partial charge in [0.1, 0.15) is 0 Å². The molecule has 3 atom stereocenters. The Morgan fingerprint density at radius 3 is 2.41 bits per heavy atom. The molecule has 3 fully saturated rings. The maximum absolute atomic E-state index is 5.81. The number of nitrogens with two attached hydrogens (primary N) is 1. The van der Waals surface area contributed by atoms with Gasteiger partial charge in [-0.1, -0.05) is 19.3 Å². The van der Waals surface area contributed by atoms with Gasteiger partial charge in [0.2, 0.25) is 0 Å². The van der Waals surface area contributed by atoms with Crippen molar-refractivity contribution < 1.29 is 0 Å². The second-order valence-corrected chi connectivity index (χ2v) is 6.66. The van der Waals surface area contributed by atoms with Gasteiger partial charge in [0.05, 0.1) is 0 Å². The lowest BCUT2D eigenvalue weighted by atomic mass is 9.88. The van der Waals surface area contributed by atoms with Crippen LogP contribution in [0.15, 0.2) is 0 Å². The highest BCUT2D eigenvalue weighted by Gasteiger charge is 2.40. The number of rotatable bonds is 5. The van der Waals surface area contributed by atoms with Crippen LogP contribution in [-0.2, 0) is 0 Å². The lowest BCUT2D eigenvalue weighted by Gasteiger charge is -2.33. The highest BCUT2D eigenvalue weighted by atomic mass is 15.2. The molecule has 0 aromatic carbocycles. The van der Waals surface area contributed by atoms with Crippen LogP contribution in [-0.4, -0.2) is 30.6 Å². The lowest BCUT2D eigenvalue weighted by molar-refractivity contribution is 0.146. The predicted molar refractivity (Wildman–Crippen MR) is 71.8 cm³/mol. The Labute approximate surface area is 106 Å². The van der Waals surface area contributed by atoms with E-state index < -0.39 is 0 Å². The summed E-state index contributed by atoms with van der Waals surface area (Å²) in [5.74, 6) is 3.18. The van der Waals surface area contributed by atoms with Gasteiger partial charge >= 0.3 is 0 Å². The molecule has 0 saturated heterocycles. The second-order valence-electron chi connectivity index (χ2n) is 6.66. The van der Waals surface area contributed by atoms with E-state index in [0.29, 0.717) is 0 Å². The molecule has 0 heterocycles. The second kappa shape index (κ2) is 5.27. The molecule has 0 radical (unpaired) electrons. The molecule has 0 amide bonds. The molecular formula is C15H28N2. The van der Waals surface area contributed by atoms with Crippen molar-refractivity contribution in [2.75, 3.05) is 19.6 Å². The molecule has 0 aromatic heterocycles. The van der Waals surface area contributed by atoms with E-state index in [2.05, 4.69) is 4.90 Å². The first-order valence-corrected chi connectivity index (χ1v) is 7.81. The van der Waals surface area contributed by atoms with Crippen molar-refractivity contribution in [2.24, 2.45) is 23.5 Å². The first-order valence-electron chi connectivity index (χ1n) is 7.81. The van der Waals surface area contributed by atoms with E-state index in [9.17, 15) is 0 Å². The van der Waals surface area contributed by atoms with Crippen LogP contribution in [0.1, 0.15) is 51.4 Å². The molecule has 98 valence electrons. The fourth-order valence-corrected chi connectivity index (χ4v) is 4.76. The van der Waals surface area contributed by atoms with Crippen molar-refractivity contribution in [3.63, 3.8) is 0 Å². The van der Waals surface area contributed by atoms with Crippen LogP contribution in [0, 0.1) is 17.8 Å². The van der Waals surface area contributed by atoms with Gasteiger partial charge in [0.15, 0.2) is 0 Å². The summed E-state index contributed by atoms with van der Waals surface area (Å²) < 4.78 is 0. The topological polar surface area (TPSA) is 29.3 Å². The van der Waals surface area contributed by atoms with Crippen molar-refractivity contribution in [3.05, 3.63) is 0 Å². The van der Waals surface area contributed by atoms with E-state index in [-0.39, 0.29) is 0 Å². The zero-order valence-corrected chi connectivity index (χ0v) is 11.1. The summed E-state index contributed by atoms with van der Waals surface area (Å²) in [6.07, 6.45) is 11.9. The Morgan fingerprint density at radius 1 is 1.00 bits per heavy atom. The van der Waals surface area contributed by atoms with Gasteiger partial charge in [-0.05, 0) is 49.9 Å². The molecule has 2 heteroatoms.